The van der Waals surface area contributed by atoms with E-state index in [1.807, 2.05) is 6.92 Å². The van der Waals surface area contributed by atoms with Crippen LogP contribution in [0.2, 0.25) is 0 Å². The van der Waals surface area contributed by atoms with Crippen molar-refractivity contribution in [2.24, 2.45) is 0 Å². The minimum atomic E-state index is -1.19. The third kappa shape index (κ3) is 3.53. The summed E-state index contributed by atoms with van der Waals surface area (Å²) < 4.78 is 5.21. The quantitative estimate of drug-likeness (QED) is 0.467. The Morgan fingerprint density at radius 3 is 2.76 bits per heavy atom. The summed E-state index contributed by atoms with van der Waals surface area (Å²) in [4.78, 5) is 20.9. The first kappa shape index (κ1) is 13.1. The van der Waals surface area contributed by atoms with Crippen LogP contribution in [0, 0.1) is 10.1 Å². The van der Waals surface area contributed by atoms with Gasteiger partial charge in [0.1, 0.15) is 0 Å². The number of aromatic carboxylic acids is 1. The lowest BCUT2D eigenvalue weighted by atomic mass is 10.1. The average Bonchev–Trinajstić information content (AvgIpc) is 2.29. The molecule has 6 heteroatoms. The summed E-state index contributed by atoms with van der Waals surface area (Å²) in [5.74, 6) is -1.19. The smallest absolute Gasteiger partial charge is 0.335 e. The maximum Gasteiger partial charge on any atom is 0.335 e. The Balaban J connectivity index is 2.96. The number of carboxylic acids is 1. The molecular formula is C11H13NO5. The lowest BCUT2D eigenvalue weighted by Crippen LogP contribution is -2.03. The zero-order valence-corrected chi connectivity index (χ0v) is 9.38. The van der Waals surface area contributed by atoms with Crippen molar-refractivity contribution in [1.82, 2.24) is 0 Å². The first-order valence-electron chi connectivity index (χ1n) is 5.14. The molecule has 17 heavy (non-hydrogen) atoms. The minimum Gasteiger partial charge on any atom is -0.478 e. The van der Waals surface area contributed by atoms with Crippen molar-refractivity contribution in [2.75, 3.05) is 6.61 Å². The highest BCUT2D eigenvalue weighted by molar-refractivity contribution is 5.88. The van der Waals surface area contributed by atoms with E-state index in [9.17, 15) is 14.9 Å². The molecule has 1 aromatic carbocycles. The number of carbonyl (C=O) groups is 1. The number of hydrogen-bond donors (Lipinski definition) is 1. The van der Waals surface area contributed by atoms with Crippen LogP contribution in [0.3, 0.4) is 0 Å². The molecule has 0 saturated heterocycles. The van der Waals surface area contributed by atoms with Gasteiger partial charge in [-0.15, -0.1) is 0 Å². The van der Waals surface area contributed by atoms with Crippen LogP contribution < -0.4 is 0 Å². The van der Waals surface area contributed by atoms with Crippen molar-refractivity contribution >= 4 is 11.7 Å². The first-order chi connectivity index (χ1) is 8.06. The van der Waals surface area contributed by atoms with E-state index in [2.05, 4.69) is 0 Å². The van der Waals surface area contributed by atoms with Gasteiger partial charge in [-0.05, 0) is 18.6 Å². The Labute approximate surface area is 98.0 Å². The second-order valence-electron chi connectivity index (χ2n) is 3.46. The molecule has 0 aliphatic carbocycles. The molecule has 92 valence electrons. The van der Waals surface area contributed by atoms with Gasteiger partial charge >= 0.3 is 5.97 Å². The molecule has 0 spiro atoms. The van der Waals surface area contributed by atoms with E-state index in [1.165, 1.54) is 12.1 Å². The summed E-state index contributed by atoms with van der Waals surface area (Å²) in [7, 11) is 0. The van der Waals surface area contributed by atoms with Gasteiger partial charge in [-0.1, -0.05) is 6.92 Å². The molecule has 1 rings (SSSR count). The summed E-state index contributed by atoms with van der Waals surface area (Å²) in [6.07, 6.45) is 0.820. The lowest BCUT2D eigenvalue weighted by molar-refractivity contribution is -0.386. The molecule has 0 aliphatic rings. The summed E-state index contributed by atoms with van der Waals surface area (Å²) >= 11 is 0. The molecule has 0 aromatic heterocycles. The third-order valence-electron chi connectivity index (χ3n) is 2.13. The summed E-state index contributed by atoms with van der Waals surface area (Å²) in [6, 6.07) is 3.80. The molecule has 0 saturated carbocycles. The third-order valence-corrected chi connectivity index (χ3v) is 2.13. The number of carboxylic acid groups (broad SMARTS) is 1. The molecule has 0 heterocycles. The Kier molecular flexibility index (Phi) is 4.59. The van der Waals surface area contributed by atoms with E-state index in [4.69, 9.17) is 9.84 Å². The van der Waals surface area contributed by atoms with E-state index in [1.54, 1.807) is 0 Å². The maximum absolute atomic E-state index is 10.8. The van der Waals surface area contributed by atoms with Crippen LogP contribution in [0.4, 0.5) is 5.69 Å². The van der Waals surface area contributed by atoms with Gasteiger partial charge in [0, 0.05) is 12.7 Å². The Morgan fingerprint density at radius 1 is 1.53 bits per heavy atom. The fraction of sp³-hybridized carbons (Fsp3) is 0.364. The maximum atomic E-state index is 10.8. The van der Waals surface area contributed by atoms with Crippen molar-refractivity contribution in [3.8, 4) is 0 Å². The Bertz CT molecular complexity index is 430. The normalized spacial score (nSPS) is 10.2. The van der Waals surface area contributed by atoms with Gasteiger partial charge in [-0.2, -0.15) is 0 Å². The van der Waals surface area contributed by atoms with Gasteiger partial charge in [0.2, 0.25) is 0 Å². The van der Waals surface area contributed by atoms with Gasteiger partial charge < -0.3 is 9.84 Å². The molecular weight excluding hydrogens is 226 g/mol. The Morgan fingerprint density at radius 2 is 2.24 bits per heavy atom. The zero-order valence-electron chi connectivity index (χ0n) is 9.38. The molecule has 0 amide bonds. The van der Waals surface area contributed by atoms with Crippen LogP contribution in [-0.2, 0) is 11.3 Å². The van der Waals surface area contributed by atoms with Gasteiger partial charge in [-0.25, -0.2) is 4.79 Å². The number of nitrogens with zero attached hydrogens (tertiary/aromatic N) is 1. The van der Waals surface area contributed by atoms with Crippen LogP contribution >= 0.6 is 0 Å². The summed E-state index contributed by atoms with van der Waals surface area (Å²) in [5.41, 5.74) is 0.0606. The predicted octanol–water partition coefficient (Wildman–Crippen LogP) is 2.22. The highest BCUT2D eigenvalue weighted by atomic mass is 16.6. The molecule has 0 fully saturated rings. The average molecular weight is 239 g/mol. The molecule has 0 unspecified atom stereocenters. The van der Waals surface area contributed by atoms with E-state index >= 15 is 0 Å². The molecule has 6 nitrogen and oxygen atoms in total. The SMILES string of the molecule is CCCOCc1ccc(C(=O)O)cc1[N+](=O)[O-]. The molecule has 1 N–H and O–H groups in total. The van der Waals surface area contributed by atoms with Crippen LogP contribution in [0.5, 0.6) is 0 Å². The molecule has 0 atom stereocenters. The van der Waals surface area contributed by atoms with Crippen molar-refractivity contribution in [2.45, 2.75) is 20.0 Å². The number of nitro groups is 1. The highest BCUT2D eigenvalue weighted by Crippen LogP contribution is 2.21. The minimum absolute atomic E-state index is 0.101. The lowest BCUT2D eigenvalue weighted by Gasteiger charge is -2.04. The molecule has 0 aliphatic heterocycles. The highest BCUT2D eigenvalue weighted by Gasteiger charge is 2.16. The molecule has 0 bridgehead atoms. The number of nitro benzene ring substituents is 1. The number of ether oxygens (including phenoxy) is 1. The number of benzene rings is 1. The van der Waals surface area contributed by atoms with Crippen molar-refractivity contribution in [1.29, 1.82) is 0 Å². The summed E-state index contributed by atoms with van der Waals surface area (Å²) in [5, 5.41) is 19.5. The Hall–Kier alpha value is -1.95. The van der Waals surface area contributed by atoms with Crippen LogP contribution in [0.25, 0.3) is 0 Å². The molecule has 1 aromatic rings. The monoisotopic (exact) mass is 239 g/mol. The second kappa shape index (κ2) is 5.95. The van der Waals surface area contributed by atoms with Gasteiger partial charge in [0.05, 0.1) is 22.7 Å². The zero-order chi connectivity index (χ0) is 12.8. The number of rotatable bonds is 6. The van der Waals surface area contributed by atoms with Crippen molar-refractivity contribution in [3.05, 3.63) is 39.4 Å². The summed E-state index contributed by atoms with van der Waals surface area (Å²) in [6.45, 7) is 2.56. The fourth-order valence-electron chi connectivity index (χ4n) is 1.32. The van der Waals surface area contributed by atoms with Crippen LogP contribution in [0.15, 0.2) is 18.2 Å². The van der Waals surface area contributed by atoms with E-state index in [0.29, 0.717) is 12.2 Å². The van der Waals surface area contributed by atoms with Crippen molar-refractivity contribution in [3.63, 3.8) is 0 Å². The van der Waals surface area contributed by atoms with E-state index in [-0.39, 0.29) is 17.9 Å². The second-order valence-corrected chi connectivity index (χ2v) is 3.46. The predicted molar refractivity (Wildman–Crippen MR) is 60.0 cm³/mol. The topological polar surface area (TPSA) is 89.7 Å². The number of hydrogen-bond acceptors (Lipinski definition) is 4. The van der Waals surface area contributed by atoms with Gasteiger partial charge in [-0.3, -0.25) is 10.1 Å². The first-order valence-corrected chi connectivity index (χ1v) is 5.14. The fourth-order valence-corrected chi connectivity index (χ4v) is 1.32. The standard InChI is InChI=1S/C11H13NO5/c1-2-5-17-7-9-4-3-8(11(13)14)6-10(9)12(15)16/h3-4,6H,2,5,7H2,1H3,(H,13,14). The molecule has 0 radical (unpaired) electrons. The van der Waals surface area contributed by atoms with Gasteiger partial charge in [0.25, 0.3) is 5.69 Å². The van der Waals surface area contributed by atoms with Gasteiger partial charge in [0.15, 0.2) is 0 Å². The largest absolute Gasteiger partial charge is 0.478 e. The van der Waals surface area contributed by atoms with E-state index < -0.39 is 10.9 Å². The van der Waals surface area contributed by atoms with Crippen LogP contribution in [-0.4, -0.2) is 22.6 Å². The van der Waals surface area contributed by atoms with Crippen molar-refractivity contribution < 1.29 is 19.6 Å². The van der Waals surface area contributed by atoms with E-state index in [0.717, 1.165) is 12.5 Å². The van der Waals surface area contributed by atoms with Crippen LogP contribution in [0.1, 0.15) is 29.3 Å².